The van der Waals surface area contributed by atoms with Gasteiger partial charge in [-0.25, -0.2) is 0 Å². The van der Waals surface area contributed by atoms with Crippen LogP contribution in [0.3, 0.4) is 0 Å². The normalized spacial score (nSPS) is 23.7. The van der Waals surface area contributed by atoms with Crippen LogP contribution in [0.15, 0.2) is 6.07 Å². The monoisotopic (exact) mass is 251 g/mol. The molecule has 18 heavy (non-hydrogen) atoms. The third-order valence-corrected chi connectivity index (χ3v) is 3.35. The number of aryl methyl sites for hydroxylation is 1. The Morgan fingerprint density at radius 1 is 1.22 bits per heavy atom. The number of likely N-dealkylation sites (N-methyl/N-ethyl adjacent to an activating group) is 1. The van der Waals surface area contributed by atoms with Gasteiger partial charge in [0.1, 0.15) is 11.9 Å². The molecular formula is C13H21N3O2. The third kappa shape index (κ3) is 3.10. The highest BCUT2D eigenvalue weighted by molar-refractivity contribution is 5.21. The predicted molar refractivity (Wildman–Crippen MR) is 69.1 cm³/mol. The molecule has 0 saturated heterocycles. The van der Waals surface area contributed by atoms with Crippen molar-refractivity contribution in [2.24, 2.45) is 0 Å². The minimum atomic E-state index is 0.183. The first-order valence-electron chi connectivity index (χ1n) is 6.46. The third-order valence-electron chi connectivity index (χ3n) is 3.35. The number of hydrogen-bond acceptors (Lipinski definition) is 5. The van der Waals surface area contributed by atoms with Crippen molar-refractivity contribution in [1.82, 2.24) is 15.3 Å². The van der Waals surface area contributed by atoms with Crippen LogP contribution in [0.2, 0.25) is 0 Å². The molecule has 1 aromatic heterocycles. The highest BCUT2D eigenvalue weighted by atomic mass is 16.5. The molecule has 5 nitrogen and oxygen atoms in total. The summed E-state index contributed by atoms with van der Waals surface area (Å²) in [6.07, 6.45) is 4.88. The van der Waals surface area contributed by atoms with Gasteiger partial charge in [-0.1, -0.05) is 6.42 Å². The summed E-state index contributed by atoms with van der Waals surface area (Å²) in [5, 5.41) is 3.32. The fourth-order valence-corrected chi connectivity index (χ4v) is 2.40. The highest BCUT2D eigenvalue weighted by Crippen LogP contribution is 2.24. The lowest BCUT2D eigenvalue weighted by Crippen LogP contribution is -2.43. The Bertz CT molecular complexity index is 398. The molecule has 0 amide bonds. The van der Waals surface area contributed by atoms with E-state index < -0.39 is 0 Å². The molecule has 0 aliphatic heterocycles. The zero-order valence-corrected chi connectivity index (χ0v) is 11.3. The molecule has 1 heterocycles. The Morgan fingerprint density at radius 3 is 2.67 bits per heavy atom. The number of hydrogen-bond donors (Lipinski definition) is 1. The largest absolute Gasteiger partial charge is 0.481 e. The second-order valence-corrected chi connectivity index (χ2v) is 4.63. The van der Waals surface area contributed by atoms with E-state index >= 15 is 0 Å². The van der Waals surface area contributed by atoms with Crippen molar-refractivity contribution in [2.75, 3.05) is 14.2 Å². The van der Waals surface area contributed by atoms with Crippen molar-refractivity contribution in [3.8, 4) is 11.8 Å². The maximum absolute atomic E-state index is 5.99. The smallest absolute Gasteiger partial charge is 0.220 e. The van der Waals surface area contributed by atoms with Gasteiger partial charge in [0.05, 0.1) is 13.2 Å². The van der Waals surface area contributed by atoms with Crippen LogP contribution < -0.4 is 14.8 Å². The Morgan fingerprint density at radius 2 is 1.94 bits per heavy atom. The lowest BCUT2D eigenvalue weighted by atomic mass is 9.92. The van der Waals surface area contributed by atoms with E-state index in [1.54, 1.807) is 13.2 Å². The topological polar surface area (TPSA) is 56.3 Å². The first kappa shape index (κ1) is 13.1. The van der Waals surface area contributed by atoms with Crippen LogP contribution in [-0.4, -0.2) is 36.3 Å². The summed E-state index contributed by atoms with van der Waals surface area (Å²) in [5.41, 5.74) is 0. The van der Waals surface area contributed by atoms with Gasteiger partial charge in [0.15, 0.2) is 0 Å². The Balaban J connectivity index is 2.09. The molecule has 5 heteroatoms. The standard InChI is InChI=1S/C13H21N3O2/c1-9-15-12(17-3)8-13(16-9)18-11-7-5-4-6-10(11)14-2/h8,10-11,14H,4-7H2,1-3H3. The maximum Gasteiger partial charge on any atom is 0.220 e. The van der Waals surface area contributed by atoms with Gasteiger partial charge in [0.2, 0.25) is 11.8 Å². The zero-order chi connectivity index (χ0) is 13.0. The minimum Gasteiger partial charge on any atom is -0.481 e. The molecule has 2 rings (SSSR count). The summed E-state index contributed by atoms with van der Waals surface area (Å²) < 4.78 is 11.1. The Hall–Kier alpha value is -1.36. The van der Waals surface area contributed by atoms with E-state index in [2.05, 4.69) is 15.3 Å². The molecule has 1 aliphatic carbocycles. The van der Waals surface area contributed by atoms with Crippen molar-refractivity contribution >= 4 is 0 Å². The second-order valence-electron chi connectivity index (χ2n) is 4.63. The van der Waals surface area contributed by atoms with Crippen LogP contribution in [-0.2, 0) is 0 Å². The number of methoxy groups -OCH3 is 1. The first-order chi connectivity index (χ1) is 8.72. The first-order valence-corrected chi connectivity index (χ1v) is 6.46. The van der Waals surface area contributed by atoms with Crippen molar-refractivity contribution in [3.05, 3.63) is 11.9 Å². The zero-order valence-electron chi connectivity index (χ0n) is 11.3. The number of nitrogens with one attached hydrogen (secondary N) is 1. The molecule has 2 unspecified atom stereocenters. The van der Waals surface area contributed by atoms with Crippen molar-refractivity contribution in [2.45, 2.75) is 44.8 Å². The second kappa shape index (κ2) is 6.00. The maximum atomic E-state index is 5.99. The number of rotatable bonds is 4. The van der Waals surface area contributed by atoms with E-state index in [9.17, 15) is 0 Å². The fraction of sp³-hybridized carbons (Fsp3) is 0.692. The lowest BCUT2D eigenvalue weighted by Gasteiger charge is -2.31. The van der Waals surface area contributed by atoms with Crippen LogP contribution in [0.1, 0.15) is 31.5 Å². The summed E-state index contributed by atoms with van der Waals surface area (Å²) in [6, 6.07) is 2.15. The van der Waals surface area contributed by atoms with E-state index in [0.717, 1.165) is 12.8 Å². The molecule has 1 aromatic rings. The molecular weight excluding hydrogens is 230 g/mol. The lowest BCUT2D eigenvalue weighted by molar-refractivity contribution is 0.112. The molecule has 1 aliphatic rings. The van der Waals surface area contributed by atoms with E-state index in [1.165, 1.54) is 12.8 Å². The highest BCUT2D eigenvalue weighted by Gasteiger charge is 2.25. The predicted octanol–water partition coefficient (Wildman–Crippen LogP) is 1.70. The molecule has 2 atom stereocenters. The fourth-order valence-electron chi connectivity index (χ4n) is 2.40. The summed E-state index contributed by atoms with van der Waals surface area (Å²) in [7, 11) is 3.58. The molecule has 1 saturated carbocycles. The summed E-state index contributed by atoms with van der Waals surface area (Å²) in [6.45, 7) is 1.84. The van der Waals surface area contributed by atoms with E-state index in [4.69, 9.17) is 9.47 Å². The Kier molecular flexibility index (Phi) is 4.36. The van der Waals surface area contributed by atoms with Gasteiger partial charge in [0, 0.05) is 6.04 Å². The van der Waals surface area contributed by atoms with Crippen molar-refractivity contribution < 1.29 is 9.47 Å². The van der Waals surface area contributed by atoms with E-state index in [-0.39, 0.29) is 6.10 Å². The molecule has 1 N–H and O–H groups in total. The van der Waals surface area contributed by atoms with Gasteiger partial charge >= 0.3 is 0 Å². The number of aromatic nitrogens is 2. The molecule has 0 spiro atoms. The van der Waals surface area contributed by atoms with Crippen LogP contribution >= 0.6 is 0 Å². The van der Waals surface area contributed by atoms with Crippen LogP contribution in [0, 0.1) is 6.92 Å². The van der Waals surface area contributed by atoms with Crippen molar-refractivity contribution in [1.29, 1.82) is 0 Å². The van der Waals surface area contributed by atoms with Gasteiger partial charge in [-0.15, -0.1) is 0 Å². The van der Waals surface area contributed by atoms with E-state index in [0.29, 0.717) is 23.6 Å². The Labute approximate surface area is 108 Å². The average Bonchev–Trinajstić information content (AvgIpc) is 2.38. The SMILES string of the molecule is CNC1CCCCC1Oc1cc(OC)nc(C)n1. The molecule has 100 valence electrons. The van der Waals surface area contributed by atoms with Crippen molar-refractivity contribution in [3.63, 3.8) is 0 Å². The minimum absolute atomic E-state index is 0.183. The summed E-state index contributed by atoms with van der Waals surface area (Å²) >= 11 is 0. The van der Waals surface area contributed by atoms with Crippen LogP contribution in [0.4, 0.5) is 0 Å². The number of ether oxygens (including phenoxy) is 2. The summed E-state index contributed by atoms with van der Waals surface area (Å²) in [4.78, 5) is 8.46. The molecule has 0 bridgehead atoms. The van der Waals surface area contributed by atoms with Gasteiger partial charge in [-0.05, 0) is 33.2 Å². The average molecular weight is 251 g/mol. The number of nitrogens with zero attached hydrogens (tertiary/aromatic N) is 2. The van der Waals surface area contributed by atoms with E-state index in [1.807, 2.05) is 14.0 Å². The van der Waals surface area contributed by atoms with Crippen LogP contribution in [0.25, 0.3) is 0 Å². The van der Waals surface area contributed by atoms with Gasteiger partial charge in [-0.2, -0.15) is 9.97 Å². The van der Waals surface area contributed by atoms with Gasteiger partial charge in [-0.3, -0.25) is 0 Å². The molecule has 1 fully saturated rings. The summed E-state index contributed by atoms with van der Waals surface area (Å²) in [5.74, 6) is 1.82. The molecule has 0 aromatic carbocycles. The van der Waals surface area contributed by atoms with Crippen LogP contribution in [0.5, 0.6) is 11.8 Å². The van der Waals surface area contributed by atoms with Gasteiger partial charge in [0.25, 0.3) is 0 Å². The quantitative estimate of drug-likeness (QED) is 0.882. The molecule has 0 radical (unpaired) electrons. The van der Waals surface area contributed by atoms with Gasteiger partial charge < -0.3 is 14.8 Å².